The van der Waals surface area contributed by atoms with Crippen LogP contribution in [0.1, 0.15) is 83.7 Å². The molecule has 282 valence electrons. The number of nitrogens with one attached hydrogen (secondary N) is 2. The lowest BCUT2D eigenvalue weighted by molar-refractivity contribution is -0.155. The molecule has 1 fully saturated rings. The van der Waals surface area contributed by atoms with Crippen LogP contribution in [0.15, 0.2) is 53.6 Å². The summed E-state index contributed by atoms with van der Waals surface area (Å²) in [5.41, 5.74) is 10.2. The molecule has 2 aliphatic rings. The summed E-state index contributed by atoms with van der Waals surface area (Å²) < 4.78 is 14.2. The van der Waals surface area contributed by atoms with Crippen LogP contribution in [0.5, 0.6) is 0 Å². The van der Waals surface area contributed by atoms with Crippen molar-refractivity contribution in [2.24, 2.45) is 11.3 Å². The molecule has 6 rings (SSSR count). The summed E-state index contributed by atoms with van der Waals surface area (Å²) in [6, 6.07) is 8.93. The molecule has 0 saturated carbocycles. The minimum absolute atomic E-state index is 0.0201. The molecule has 3 aromatic heterocycles. The molecule has 2 amide bonds. The average molecular weight is 741 g/mol. The van der Waals surface area contributed by atoms with E-state index in [0.29, 0.717) is 31.4 Å². The standard InChI is InChI=1S/C41H52N6O5S/c1-9-27(24(3)4)38(48)44-32-20-35-43-33(22-53-35)26-15-16-34-29(19-26)30(37(46(34)10-2)28-13-11-17-42-36(28)25(5)51-8)21-41(6,7)23-52-40(50)31-14-12-18-47(45-31)39(32)49/h9,11,13,15-17,19,22,24-25,31-32,45H,10,12,14,18,20-21,23H2,1-8H3,(H,44,48)/b27-9+/t25-,31-,32-/m0/s1. The fourth-order valence-electron chi connectivity index (χ4n) is 7.53. The Morgan fingerprint density at radius 2 is 2.02 bits per heavy atom. The van der Waals surface area contributed by atoms with E-state index in [0.717, 1.165) is 56.2 Å². The molecule has 0 spiro atoms. The number of carbonyl (C=O) groups excluding carboxylic acids is 3. The topological polar surface area (TPSA) is 128 Å². The number of pyridine rings is 1. The molecular formula is C41H52N6O5S. The van der Waals surface area contributed by atoms with Crippen molar-refractivity contribution in [2.75, 3.05) is 20.3 Å². The predicted octanol–water partition coefficient (Wildman–Crippen LogP) is 6.80. The summed E-state index contributed by atoms with van der Waals surface area (Å²) in [7, 11) is 1.70. The molecule has 2 N–H and O–H groups in total. The number of rotatable bonds is 7. The number of hydrogen-bond donors (Lipinski definition) is 2. The zero-order valence-electron chi connectivity index (χ0n) is 32.1. The average Bonchev–Trinajstić information content (AvgIpc) is 3.74. The summed E-state index contributed by atoms with van der Waals surface area (Å²) in [6.07, 6.45) is 5.34. The third-order valence-electron chi connectivity index (χ3n) is 10.3. The van der Waals surface area contributed by atoms with E-state index in [4.69, 9.17) is 19.4 Å². The second-order valence-electron chi connectivity index (χ2n) is 15.1. The van der Waals surface area contributed by atoms with Gasteiger partial charge in [0, 0.05) is 71.2 Å². The normalized spacial score (nSPS) is 20.3. The van der Waals surface area contributed by atoms with Crippen molar-refractivity contribution in [3.63, 3.8) is 0 Å². The fraction of sp³-hybridized carbons (Fsp3) is 0.488. The summed E-state index contributed by atoms with van der Waals surface area (Å²) in [4.78, 5) is 51.1. The molecule has 1 aromatic carbocycles. The van der Waals surface area contributed by atoms with Crippen LogP contribution in [0.4, 0.5) is 0 Å². The number of hydrogen-bond acceptors (Lipinski definition) is 9. The molecule has 11 nitrogen and oxygen atoms in total. The van der Waals surface area contributed by atoms with Gasteiger partial charge in [-0.3, -0.25) is 24.4 Å². The Labute approximate surface area is 316 Å². The highest BCUT2D eigenvalue weighted by Gasteiger charge is 2.36. The van der Waals surface area contributed by atoms with Crippen molar-refractivity contribution in [1.29, 1.82) is 0 Å². The number of ether oxygens (including phenoxy) is 2. The van der Waals surface area contributed by atoms with E-state index < -0.39 is 23.5 Å². The monoisotopic (exact) mass is 740 g/mol. The zero-order chi connectivity index (χ0) is 38.0. The third kappa shape index (κ3) is 7.95. The van der Waals surface area contributed by atoms with Gasteiger partial charge in [-0.15, -0.1) is 11.3 Å². The second-order valence-corrected chi connectivity index (χ2v) is 16.1. The van der Waals surface area contributed by atoms with Crippen LogP contribution in [-0.4, -0.2) is 69.7 Å². The second kappa shape index (κ2) is 15.9. The molecule has 12 heteroatoms. The van der Waals surface area contributed by atoms with Crippen molar-refractivity contribution < 1.29 is 23.9 Å². The summed E-state index contributed by atoms with van der Waals surface area (Å²) in [5, 5.41) is 8.31. The van der Waals surface area contributed by atoms with Crippen molar-refractivity contribution in [3.8, 4) is 22.5 Å². The number of benzene rings is 1. The zero-order valence-corrected chi connectivity index (χ0v) is 32.9. The van der Waals surface area contributed by atoms with Crippen molar-refractivity contribution in [3.05, 3.63) is 69.8 Å². The molecule has 5 heterocycles. The summed E-state index contributed by atoms with van der Waals surface area (Å²) in [5.74, 6) is -1.03. The molecule has 0 aliphatic carbocycles. The van der Waals surface area contributed by atoms with E-state index in [2.05, 4.69) is 60.3 Å². The number of allylic oxidation sites excluding steroid dienone is 1. The summed E-state index contributed by atoms with van der Waals surface area (Å²) >= 11 is 1.47. The first-order valence-corrected chi connectivity index (χ1v) is 19.5. The Bertz CT molecular complexity index is 2030. The van der Waals surface area contributed by atoms with Gasteiger partial charge in [0.05, 0.1) is 34.8 Å². The first-order chi connectivity index (χ1) is 25.3. The van der Waals surface area contributed by atoms with E-state index in [-0.39, 0.29) is 36.9 Å². The number of hydrazine groups is 1. The molecule has 1 saturated heterocycles. The Balaban J connectivity index is 1.50. The maximum Gasteiger partial charge on any atom is 0.324 e. The minimum atomic E-state index is -0.895. The van der Waals surface area contributed by atoms with Crippen molar-refractivity contribution in [2.45, 2.75) is 98.9 Å². The van der Waals surface area contributed by atoms with Crippen LogP contribution in [0.2, 0.25) is 0 Å². The van der Waals surface area contributed by atoms with Gasteiger partial charge in [0.2, 0.25) is 5.91 Å². The van der Waals surface area contributed by atoms with Gasteiger partial charge in [0.15, 0.2) is 0 Å². The van der Waals surface area contributed by atoms with E-state index in [1.165, 1.54) is 16.3 Å². The minimum Gasteiger partial charge on any atom is -0.464 e. The number of thiazole rings is 1. The van der Waals surface area contributed by atoms with Gasteiger partial charge in [0.1, 0.15) is 12.1 Å². The third-order valence-corrected chi connectivity index (χ3v) is 11.2. The first-order valence-electron chi connectivity index (χ1n) is 18.6. The van der Waals surface area contributed by atoms with Gasteiger partial charge in [-0.05, 0) is 75.8 Å². The number of aromatic nitrogens is 3. The number of esters is 1. The summed E-state index contributed by atoms with van der Waals surface area (Å²) in [6.45, 7) is 15.4. The highest BCUT2D eigenvalue weighted by Crippen LogP contribution is 2.42. The molecular weight excluding hydrogens is 689 g/mol. The van der Waals surface area contributed by atoms with Gasteiger partial charge >= 0.3 is 5.97 Å². The van der Waals surface area contributed by atoms with Gasteiger partial charge in [0.25, 0.3) is 5.91 Å². The lowest BCUT2D eigenvalue weighted by Crippen LogP contribution is -2.60. The number of amides is 2. The van der Waals surface area contributed by atoms with Gasteiger partial charge in [-0.1, -0.05) is 39.8 Å². The quantitative estimate of drug-likeness (QED) is 0.157. The Hall–Kier alpha value is -4.39. The fourth-order valence-corrected chi connectivity index (χ4v) is 8.38. The predicted molar refractivity (Wildman–Crippen MR) is 208 cm³/mol. The number of aryl methyl sites for hydroxylation is 1. The highest BCUT2D eigenvalue weighted by molar-refractivity contribution is 7.10. The lowest BCUT2D eigenvalue weighted by atomic mass is 9.84. The molecule has 6 bridgehead atoms. The Kier molecular flexibility index (Phi) is 11.5. The molecule has 53 heavy (non-hydrogen) atoms. The van der Waals surface area contributed by atoms with E-state index >= 15 is 0 Å². The van der Waals surface area contributed by atoms with Crippen LogP contribution in [0.25, 0.3) is 33.4 Å². The van der Waals surface area contributed by atoms with Crippen LogP contribution in [0, 0.1) is 11.3 Å². The van der Waals surface area contributed by atoms with Gasteiger partial charge in [-0.25, -0.2) is 10.4 Å². The van der Waals surface area contributed by atoms with Crippen LogP contribution >= 0.6 is 11.3 Å². The number of fused-ring (bicyclic) bond motifs is 6. The Morgan fingerprint density at radius 3 is 2.74 bits per heavy atom. The van der Waals surface area contributed by atoms with E-state index in [1.54, 1.807) is 19.4 Å². The number of carbonyl (C=O) groups is 3. The number of cyclic esters (lactones) is 1. The first kappa shape index (κ1) is 38.3. The molecule has 2 aliphatic heterocycles. The molecule has 4 aromatic rings. The van der Waals surface area contributed by atoms with Crippen LogP contribution < -0.4 is 10.7 Å². The van der Waals surface area contributed by atoms with Gasteiger partial charge < -0.3 is 19.4 Å². The molecule has 0 radical (unpaired) electrons. The molecule has 3 atom stereocenters. The van der Waals surface area contributed by atoms with E-state index in [9.17, 15) is 14.4 Å². The maximum absolute atomic E-state index is 14.1. The smallest absolute Gasteiger partial charge is 0.324 e. The maximum atomic E-state index is 14.1. The highest BCUT2D eigenvalue weighted by atomic mass is 32.1. The van der Waals surface area contributed by atoms with Crippen LogP contribution in [-0.2, 0) is 43.2 Å². The van der Waals surface area contributed by atoms with Crippen LogP contribution in [0.3, 0.4) is 0 Å². The van der Waals surface area contributed by atoms with E-state index in [1.807, 2.05) is 39.1 Å². The number of methoxy groups -OCH3 is 1. The van der Waals surface area contributed by atoms with Crippen molar-refractivity contribution in [1.82, 2.24) is 30.3 Å². The molecule has 0 unspecified atom stereocenters. The lowest BCUT2D eigenvalue weighted by Gasteiger charge is -2.35. The van der Waals surface area contributed by atoms with Gasteiger partial charge in [-0.2, -0.15) is 0 Å². The largest absolute Gasteiger partial charge is 0.464 e. The Morgan fingerprint density at radius 1 is 1.23 bits per heavy atom. The van der Waals surface area contributed by atoms with Crippen molar-refractivity contribution >= 4 is 40.0 Å². The number of nitrogens with zero attached hydrogens (tertiary/aromatic N) is 4. The SMILES string of the molecule is C/C=C(/C(=O)N[C@H]1Cc2nc(cs2)-c2ccc3c(c2)c(c(-c2cccnc2[C@H](C)OC)n3CC)CC(C)(C)COC(=O)[C@@H]2CCCN(N2)C1=O)C(C)C.